The number of hydrogen-bond donors (Lipinski definition) is 0. The third-order valence-corrected chi connectivity index (χ3v) is 5.64. The monoisotopic (exact) mass is 389 g/mol. The smallest absolute Gasteiger partial charge is 0.312 e. The minimum Gasteiger partial charge on any atom is -0.457 e. The van der Waals surface area contributed by atoms with Crippen molar-refractivity contribution in [3.8, 4) is 0 Å². The van der Waals surface area contributed by atoms with Gasteiger partial charge in [-0.3, -0.25) is 19.3 Å². The van der Waals surface area contributed by atoms with E-state index in [9.17, 15) is 14.4 Å². The van der Waals surface area contributed by atoms with Crippen LogP contribution in [0.3, 0.4) is 0 Å². The van der Waals surface area contributed by atoms with Gasteiger partial charge in [-0.2, -0.15) is 0 Å². The maximum Gasteiger partial charge on any atom is 0.312 e. The summed E-state index contributed by atoms with van der Waals surface area (Å²) in [5.41, 5.74) is 3.04. The van der Waals surface area contributed by atoms with Crippen molar-refractivity contribution < 1.29 is 19.1 Å². The zero-order valence-electron chi connectivity index (χ0n) is 15.8. The summed E-state index contributed by atoms with van der Waals surface area (Å²) in [7, 11) is 0. The third kappa shape index (κ3) is 4.10. The van der Waals surface area contributed by atoms with Gasteiger partial charge in [0.15, 0.2) is 11.7 Å². The summed E-state index contributed by atoms with van der Waals surface area (Å²) >= 11 is 1.34. The molecule has 2 aromatic heterocycles. The Hall–Kier alpha value is -2.48. The van der Waals surface area contributed by atoms with Crippen molar-refractivity contribution >= 4 is 34.1 Å². The van der Waals surface area contributed by atoms with E-state index in [4.69, 9.17) is 4.74 Å². The molecule has 0 saturated carbocycles. The lowest BCUT2D eigenvalue weighted by atomic mass is 10.1. The van der Waals surface area contributed by atoms with Crippen molar-refractivity contribution in [2.24, 2.45) is 0 Å². The number of hydrogen-bond acceptors (Lipinski definition) is 6. The second-order valence-electron chi connectivity index (χ2n) is 6.56. The molecule has 27 heavy (non-hydrogen) atoms. The fourth-order valence-corrected chi connectivity index (χ4v) is 4.21. The lowest BCUT2D eigenvalue weighted by Gasteiger charge is -2.10. The van der Waals surface area contributed by atoms with E-state index in [-0.39, 0.29) is 24.7 Å². The molecule has 0 spiro atoms. The number of esters is 1. The molecule has 0 bridgehead atoms. The molecule has 8 heteroatoms. The maximum atomic E-state index is 12.4. The molecule has 0 atom stereocenters. The van der Waals surface area contributed by atoms with Gasteiger partial charge in [0.1, 0.15) is 0 Å². The zero-order chi connectivity index (χ0) is 19.6. The molecule has 1 aliphatic heterocycles. The first-order valence-corrected chi connectivity index (χ1v) is 9.89. The third-order valence-electron chi connectivity index (χ3n) is 4.72. The standard InChI is InChI=1S/C19H23N3O4S/c1-4-21-12(2)8-15(13(21)3)16(23)10-26-18(25)9-14-11-27-19(20-14)22-7-5-6-17(22)24/h8,11H,4-7,9-10H2,1-3H3. The van der Waals surface area contributed by atoms with Crippen LogP contribution < -0.4 is 4.90 Å². The van der Waals surface area contributed by atoms with Gasteiger partial charge in [-0.15, -0.1) is 11.3 Å². The molecular formula is C19H23N3O4S. The number of carbonyl (C=O) groups is 3. The number of anilines is 1. The molecule has 7 nitrogen and oxygen atoms in total. The van der Waals surface area contributed by atoms with Crippen molar-refractivity contribution in [1.29, 1.82) is 0 Å². The van der Waals surface area contributed by atoms with Crippen LogP contribution in [0, 0.1) is 13.8 Å². The molecule has 1 fully saturated rings. The molecule has 3 rings (SSSR count). The molecule has 0 aromatic carbocycles. The Morgan fingerprint density at radius 1 is 1.33 bits per heavy atom. The summed E-state index contributed by atoms with van der Waals surface area (Å²) in [4.78, 5) is 42.2. The normalized spacial score (nSPS) is 14.0. The first-order valence-electron chi connectivity index (χ1n) is 9.01. The van der Waals surface area contributed by atoms with Gasteiger partial charge in [0.05, 0.1) is 12.1 Å². The minimum atomic E-state index is -0.503. The summed E-state index contributed by atoms with van der Waals surface area (Å²) in [5, 5.41) is 2.36. The van der Waals surface area contributed by atoms with Crippen molar-refractivity contribution in [3.63, 3.8) is 0 Å². The predicted octanol–water partition coefficient (Wildman–Crippen LogP) is 2.68. The van der Waals surface area contributed by atoms with Gasteiger partial charge in [-0.25, -0.2) is 4.98 Å². The van der Waals surface area contributed by atoms with E-state index in [1.165, 1.54) is 11.3 Å². The molecule has 0 N–H and O–H groups in total. The fourth-order valence-electron chi connectivity index (χ4n) is 3.34. The van der Waals surface area contributed by atoms with E-state index in [0.717, 1.165) is 24.4 Å². The Morgan fingerprint density at radius 3 is 2.74 bits per heavy atom. The van der Waals surface area contributed by atoms with Gasteiger partial charge < -0.3 is 9.30 Å². The summed E-state index contributed by atoms with van der Waals surface area (Å²) in [6.07, 6.45) is 1.36. The Bertz CT molecular complexity index is 884. The van der Waals surface area contributed by atoms with E-state index in [1.54, 1.807) is 10.3 Å². The number of rotatable bonds is 7. The molecule has 0 unspecified atom stereocenters. The number of ether oxygens (including phenoxy) is 1. The maximum absolute atomic E-state index is 12.4. The number of Topliss-reactive ketones (excluding diaryl/α,β-unsaturated/α-hetero) is 1. The summed E-state index contributed by atoms with van der Waals surface area (Å²) in [6.45, 7) is 7.03. The van der Waals surface area contributed by atoms with Crippen LogP contribution in [0.15, 0.2) is 11.4 Å². The van der Waals surface area contributed by atoms with E-state index in [2.05, 4.69) is 4.98 Å². The van der Waals surface area contributed by atoms with Crippen LogP contribution in [0.4, 0.5) is 5.13 Å². The molecular weight excluding hydrogens is 366 g/mol. The average molecular weight is 389 g/mol. The molecule has 1 saturated heterocycles. The predicted molar refractivity (Wildman–Crippen MR) is 102 cm³/mol. The molecule has 0 radical (unpaired) electrons. The van der Waals surface area contributed by atoms with Crippen LogP contribution in [0.25, 0.3) is 0 Å². The Labute approximate surface area is 161 Å². The van der Waals surface area contributed by atoms with Gasteiger partial charge in [0, 0.05) is 41.8 Å². The second kappa shape index (κ2) is 8.04. The van der Waals surface area contributed by atoms with Gasteiger partial charge in [-0.05, 0) is 33.3 Å². The first kappa shape index (κ1) is 19.3. The zero-order valence-corrected chi connectivity index (χ0v) is 16.6. The highest BCUT2D eigenvalue weighted by molar-refractivity contribution is 7.14. The number of aryl methyl sites for hydroxylation is 1. The Morgan fingerprint density at radius 2 is 2.11 bits per heavy atom. The first-order chi connectivity index (χ1) is 12.9. The fraction of sp³-hybridized carbons (Fsp3) is 0.474. The van der Waals surface area contributed by atoms with E-state index < -0.39 is 5.97 Å². The van der Waals surface area contributed by atoms with E-state index in [0.29, 0.717) is 29.4 Å². The lowest BCUT2D eigenvalue weighted by molar-refractivity contribution is -0.141. The van der Waals surface area contributed by atoms with Gasteiger partial charge in [0.25, 0.3) is 0 Å². The van der Waals surface area contributed by atoms with Crippen LogP contribution in [0.5, 0.6) is 0 Å². The van der Waals surface area contributed by atoms with Crippen LogP contribution in [0.2, 0.25) is 0 Å². The largest absolute Gasteiger partial charge is 0.457 e. The SMILES string of the molecule is CCn1c(C)cc(C(=O)COC(=O)Cc2csc(N3CCCC3=O)n2)c1C. The van der Waals surface area contributed by atoms with Gasteiger partial charge >= 0.3 is 5.97 Å². The molecule has 3 heterocycles. The number of ketones is 1. The molecule has 1 aliphatic rings. The van der Waals surface area contributed by atoms with Crippen molar-refractivity contribution in [2.45, 2.75) is 46.6 Å². The highest BCUT2D eigenvalue weighted by Gasteiger charge is 2.24. The summed E-state index contributed by atoms with van der Waals surface area (Å²) in [5.74, 6) is -0.649. The van der Waals surface area contributed by atoms with Crippen LogP contribution in [-0.2, 0) is 27.3 Å². The highest BCUT2D eigenvalue weighted by atomic mass is 32.1. The molecule has 1 amide bonds. The van der Waals surface area contributed by atoms with Crippen LogP contribution in [0.1, 0.15) is 47.2 Å². The minimum absolute atomic E-state index is 0.0141. The number of amides is 1. The average Bonchev–Trinajstić information content (AvgIpc) is 3.32. The second-order valence-corrected chi connectivity index (χ2v) is 7.40. The number of carbonyl (C=O) groups excluding carboxylic acids is 3. The Kier molecular flexibility index (Phi) is 5.74. The van der Waals surface area contributed by atoms with Gasteiger partial charge in [0.2, 0.25) is 11.7 Å². The number of nitrogens with zero attached hydrogens (tertiary/aromatic N) is 3. The topological polar surface area (TPSA) is 81.5 Å². The van der Waals surface area contributed by atoms with E-state index in [1.807, 2.05) is 31.4 Å². The van der Waals surface area contributed by atoms with Crippen molar-refractivity contribution in [1.82, 2.24) is 9.55 Å². The number of aromatic nitrogens is 2. The summed E-state index contributed by atoms with van der Waals surface area (Å²) < 4.78 is 7.19. The molecule has 144 valence electrons. The van der Waals surface area contributed by atoms with Gasteiger partial charge in [-0.1, -0.05) is 0 Å². The number of thiazole rings is 1. The highest BCUT2D eigenvalue weighted by Crippen LogP contribution is 2.25. The van der Waals surface area contributed by atoms with Crippen molar-refractivity contribution in [2.75, 3.05) is 18.1 Å². The van der Waals surface area contributed by atoms with Crippen molar-refractivity contribution in [3.05, 3.63) is 34.1 Å². The van der Waals surface area contributed by atoms with Crippen LogP contribution in [-0.4, -0.2) is 40.4 Å². The molecule has 0 aliphatic carbocycles. The Balaban J connectivity index is 1.55. The summed E-state index contributed by atoms with van der Waals surface area (Å²) in [6, 6.07) is 1.83. The van der Waals surface area contributed by atoms with E-state index >= 15 is 0 Å². The quantitative estimate of drug-likeness (QED) is 0.537. The molecule has 2 aromatic rings. The van der Waals surface area contributed by atoms with Crippen LogP contribution >= 0.6 is 11.3 Å². The lowest BCUT2D eigenvalue weighted by Crippen LogP contribution is -2.23.